The predicted molar refractivity (Wildman–Crippen MR) is 48.8 cm³/mol. The standard InChI is InChI=1S/C8H6N2O2S/c1-12-8(11)5-2-9-3-6-7(5)10-4-13-6/h2-4H,1H3. The van der Waals surface area contributed by atoms with E-state index in [1.54, 1.807) is 11.7 Å². The van der Waals surface area contributed by atoms with Crippen molar-refractivity contribution in [1.29, 1.82) is 0 Å². The third kappa shape index (κ3) is 1.27. The molecule has 4 nitrogen and oxygen atoms in total. The summed E-state index contributed by atoms with van der Waals surface area (Å²) in [6.45, 7) is 0. The van der Waals surface area contributed by atoms with Crippen LogP contribution in [0.15, 0.2) is 17.9 Å². The van der Waals surface area contributed by atoms with E-state index >= 15 is 0 Å². The molecule has 0 amide bonds. The summed E-state index contributed by atoms with van der Waals surface area (Å²) in [6.07, 6.45) is 3.15. The Bertz CT molecular complexity index is 452. The van der Waals surface area contributed by atoms with Crippen LogP contribution in [0.25, 0.3) is 10.2 Å². The summed E-state index contributed by atoms with van der Waals surface area (Å²) in [5, 5.41) is 0. The first-order chi connectivity index (χ1) is 6.33. The summed E-state index contributed by atoms with van der Waals surface area (Å²) in [5.74, 6) is -0.399. The van der Waals surface area contributed by atoms with Crippen LogP contribution in [0, 0.1) is 0 Å². The molecule has 2 heterocycles. The number of methoxy groups -OCH3 is 1. The van der Waals surface area contributed by atoms with Crippen LogP contribution in [0.2, 0.25) is 0 Å². The van der Waals surface area contributed by atoms with Gasteiger partial charge in [-0.05, 0) is 0 Å². The van der Waals surface area contributed by atoms with Gasteiger partial charge in [-0.3, -0.25) is 4.98 Å². The number of carbonyl (C=O) groups excluding carboxylic acids is 1. The fourth-order valence-electron chi connectivity index (χ4n) is 1.05. The Morgan fingerprint density at radius 2 is 2.38 bits per heavy atom. The molecule has 0 radical (unpaired) electrons. The number of aromatic nitrogens is 2. The first kappa shape index (κ1) is 8.12. The normalized spacial score (nSPS) is 10.2. The van der Waals surface area contributed by atoms with Crippen molar-refractivity contribution in [2.24, 2.45) is 0 Å². The molecule has 0 saturated heterocycles. The maximum absolute atomic E-state index is 11.2. The van der Waals surface area contributed by atoms with Crippen LogP contribution in [-0.4, -0.2) is 23.0 Å². The minimum atomic E-state index is -0.399. The summed E-state index contributed by atoms with van der Waals surface area (Å²) in [4.78, 5) is 19.2. The average molecular weight is 194 g/mol. The largest absolute Gasteiger partial charge is 0.465 e. The van der Waals surface area contributed by atoms with Crippen molar-refractivity contribution >= 4 is 27.5 Å². The van der Waals surface area contributed by atoms with E-state index in [0.717, 1.165) is 4.70 Å². The molecular weight excluding hydrogens is 188 g/mol. The molecule has 2 aromatic rings. The molecule has 5 heteroatoms. The number of carbonyl (C=O) groups is 1. The smallest absolute Gasteiger partial charge is 0.341 e. The molecule has 0 unspecified atom stereocenters. The topological polar surface area (TPSA) is 52.1 Å². The SMILES string of the molecule is COC(=O)c1cncc2scnc12. The van der Waals surface area contributed by atoms with E-state index in [0.29, 0.717) is 11.1 Å². The molecule has 2 rings (SSSR count). The van der Waals surface area contributed by atoms with Gasteiger partial charge in [0.15, 0.2) is 0 Å². The van der Waals surface area contributed by atoms with E-state index in [-0.39, 0.29) is 0 Å². The molecule has 2 aromatic heterocycles. The number of esters is 1. The van der Waals surface area contributed by atoms with Crippen LogP contribution in [0.3, 0.4) is 0 Å². The zero-order chi connectivity index (χ0) is 9.26. The summed E-state index contributed by atoms with van der Waals surface area (Å²) in [7, 11) is 1.34. The van der Waals surface area contributed by atoms with Crippen LogP contribution >= 0.6 is 11.3 Å². The van der Waals surface area contributed by atoms with E-state index in [2.05, 4.69) is 14.7 Å². The summed E-state index contributed by atoms with van der Waals surface area (Å²) < 4.78 is 5.49. The zero-order valence-corrected chi connectivity index (χ0v) is 7.67. The second-order valence-electron chi connectivity index (χ2n) is 2.38. The maximum Gasteiger partial charge on any atom is 0.341 e. The lowest BCUT2D eigenvalue weighted by molar-refractivity contribution is 0.0602. The zero-order valence-electron chi connectivity index (χ0n) is 6.85. The van der Waals surface area contributed by atoms with E-state index < -0.39 is 5.97 Å². The van der Waals surface area contributed by atoms with Crippen LogP contribution in [-0.2, 0) is 4.74 Å². The first-order valence-corrected chi connectivity index (χ1v) is 4.46. The van der Waals surface area contributed by atoms with Gasteiger partial charge < -0.3 is 4.74 Å². The Hall–Kier alpha value is -1.49. The molecule has 0 atom stereocenters. The molecule has 0 N–H and O–H groups in total. The predicted octanol–water partition coefficient (Wildman–Crippen LogP) is 1.48. The van der Waals surface area contributed by atoms with Gasteiger partial charge in [0.05, 0.1) is 22.8 Å². The minimum absolute atomic E-state index is 0.399. The van der Waals surface area contributed by atoms with Crippen molar-refractivity contribution in [2.75, 3.05) is 7.11 Å². The Morgan fingerprint density at radius 1 is 1.54 bits per heavy atom. The lowest BCUT2D eigenvalue weighted by Crippen LogP contribution is -2.02. The highest BCUT2D eigenvalue weighted by molar-refractivity contribution is 7.16. The van der Waals surface area contributed by atoms with E-state index in [1.165, 1.54) is 24.6 Å². The molecule has 66 valence electrons. The van der Waals surface area contributed by atoms with Gasteiger partial charge in [-0.25, -0.2) is 9.78 Å². The molecule has 0 fully saturated rings. The lowest BCUT2D eigenvalue weighted by atomic mass is 10.2. The summed E-state index contributed by atoms with van der Waals surface area (Å²) in [6, 6.07) is 0. The van der Waals surface area contributed by atoms with Crippen LogP contribution in [0.4, 0.5) is 0 Å². The van der Waals surface area contributed by atoms with E-state index in [1.807, 2.05) is 0 Å². The fourth-order valence-corrected chi connectivity index (χ4v) is 1.72. The summed E-state index contributed by atoms with van der Waals surface area (Å²) >= 11 is 1.45. The van der Waals surface area contributed by atoms with E-state index in [9.17, 15) is 4.79 Å². The number of pyridine rings is 1. The van der Waals surface area contributed by atoms with Crippen molar-refractivity contribution in [3.8, 4) is 0 Å². The van der Waals surface area contributed by atoms with Crippen molar-refractivity contribution in [2.45, 2.75) is 0 Å². The Labute approximate surface area is 78.2 Å². The number of hydrogen-bond donors (Lipinski definition) is 0. The molecule has 0 aliphatic carbocycles. The monoisotopic (exact) mass is 194 g/mol. The number of fused-ring (bicyclic) bond motifs is 1. The quantitative estimate of drug-likeness (QED) is 0.645. The van der Waals surface area contributed by atoms with Gasteiger partial charge in [0, 0.05) is 12.4 Å². The number of rotatable bonds is 1. The Kier molecular flexibility index (Phi) is 1.94. The highest BCUT2D eigenvalue weighted by atomic mass is 32.1. The third-order valence-corrected chi connectivity index (χ3v) is 2.41. The molecule has 0 saturated carbocycles. The maximum atomic E-state index is 11.2. The molecule has 0 aliphatic heterocycles. The highest BCUT2D eigenvalue weighted by Crippen LogP contribution is 2.19. The first-order valence-electron chi connectivity index (χ1n) is 3.58. The molecule has 0 spiro atoms. The third-order valence-electron chi connectivity index (χ3n) is 1.65. The van der Waals surface area contributed by atoms with Crippen molar-refractivity contribution < 1.29 is 9.53 Å². The van der Waals surface area contributed by atoms with Gasteiger partial charge in [-0.1, -0.05) is 0 Å². The Balaban J connectivity index is 2.67. The van der Waals surface area contributed by atoms with Gasteiger partial charge in [0.1, 0.15) is 5.56 Å². The van der Waals surface area contributed by atoms with E-state index in [4.69, 9.17) is 0 Å². The molecule has 0 aromatic carbocycles. The average Bonchev–Trinajstić information content (AvgIpc) is 2.63. The van der Waals surface area contributed by atoms with Crippen LogP contribution in [0.1, 0.15) is 10.4 Å². The van der Waals surface area contributed by atoms with Gasteiger partial charge >= 0.3 is 5.97 Å². The minimum Gasteiger partial charge on any atom is -0.465 e. The highest BCUT2D eigenvalue weighted by Gasteiger charge is 2.11. The van der Waals surface area contributed by atoms with Crippen LogP contribution < -0.4 is 0 Å². The lowest BCUT2D eigenvalue weighted by Gasteiger charge is -1.97. The number of nitrogens with zero attached hydrogens (tertiary/aromatic N) is 2. The van der Waals surface area contributed by atoms with Gasteiger partial charge in [-0.15, -0.1) is 11.3 Å². The second-order valence-corrected chi connectivity index (χ2v) is 3.26. The second kappa shape index (κ2) is 3.10. The van der Waals surface area contributed by atoms with Crippen LogP contribution in [0.5, 0.6) is 0 Å². The number of hydrogen-bond acceptors (Lipinski definition) is 5. The van der Waals surface area contributed by atoms with Gasteiger partial charge in [0.2, 0.25) is 0 Å². The molecular formula is C8H6N2O2S. The van der Waals surface area contributed by atoms with Gasteiger partial charge in [-0.2, -0.15) is 0 Å². The van der Waals surface area contributed by atoms with Crippen molar-refractivity contribution in [1.82, 2.24) is 9.97 Å². The molecule has 0 aliphatic rings. The number of ether oxygens (including phenoxy) is 1. The Morgan fingerprint density at radius 3 is 3.15 bits per heavy atom. The van der Waals surface area contributed by atoms with Gasteiger partial charge in [0.25, 0.3) is 0 Å². The van der Waals surface area contributed by atoms with Crippen molar-refractivity contribution in [3.63, 3.8) is 0 Å². The molecule has 13 heavy (non-hydrogen) atoms. The fraction of sp³-hybridized carbons (Fsp3) is 0.125. The van der Waals surface area contributed by atoms with Crippen molar-refractivity contribution in [3.05, 3.63) is 23.5 Å². The number of thiazole rings is 1. The summed E-state index contributed by atoms with van der Waals surface area (Å²) in [5.41, 5.74) is 2.76. The molecule has 0 bridgehead atoms.